The van der Waals surface area contributed by atoms with Crippen molar-refractivity contribution in [1.29, 1.82) is 0 Å². The van der Waals surface area contributed by atoms with Gasteiger partial charge in [-0.2, -0.15) is 0 Å². The smallest absolute Gasteiger partial charge is 0.338 e. The largest absolute Gasteiger partial charge is 0.494 e. The second kappa shape index (κ2) is 11.5. The number of esters is 1. The van der Waals surface area contributed by atoms with E-state index in [2.05, 4.69) is 15.6 Å². The van der Waals surface area contributed by atoms with Gasteiger partial charge in [0.15, 0.2) is 10.2 Å². The first-order valence-corrected chi connectivity index (χ1v) is 11.7. The zero-order chi connectivity index (χ0) is 22.9. The van der Waals surface area contributed by atoms with Crippen molar-refractivity contribution in [1.82, 2.24) is 10.3 Å². The van der Waals surface area contributed by atoms with Gasteiger partial charge < -0.3 is 14.8 Å². The summed E-state index contributed by atoms with van der Waals surface area (Å²) in [7, 11) is 0. The molecule has 9 heteroatoms. The average molecular weight is 472 g/mol. The molecular weight excluding hydrogens is 446 g/mol. The van der Waals surface area contributed by atoms with Gasteiger partial charge in [-0.25, -0.2) is 9.78 Å². The summed E-state index contributed by atoms with van der Waals surface area (Å²) in [6.45, 7) is 5.11. The molecule has 0 spiro atoms. The molecule has 3 rings (SSSR count). The quantitative estimate of drug-likeness (QED) is 0.253. The van der Waals surface area contributed by atoms with Gasteiger partial charge in [0, 0.05) is 5.56 Å². The van der Waals surface area contributed by atoms with E-state index < -0.39 is 0 Å². The van der Waals surface area contributed by atoms with Crippen LogP contribution in [-0.4, -0.2) is 35.2 Å². The molecule has 2 aromatic carbocycles. The summed E-state index contributed by atoms with van der Waals surface area (Å²) < 4.78 is 11.6. The lowest BCUT2D eigenvalue weighted by atomic mass is 10.2. The molecule has 0 aliphatic carbocycles. The molecule has 2 N–H and O–H groups in total. The zero-order valence-electron chi connectivity index (χ0n) is 18.0. The van der Waals surface area contributed by atoms with Crippen molar-refractivity contribution in [2.45, 2.75) is 33.1 Å². The monoisotopic (exact) mass is 471 g/mol. The van der Waals surface area contributed by atoms with E-state index in [0.717, 1.165) is 29.5 Å². The molecule has 32 heavy (non-hydrogen) atoms. The van der Waals surface area contributed by atoms with E-state index >= 15 is 0 Å². The summed E-state index contributed by atoms with van der Waals surface area (Å²) in [5, 5.41) is 6.23. The van der Waals surface area contributed by atoms with Gasteiger partial charge in [-0.3, -0.25) is 10.1 Å². The molecule has 0 unspecified atom stereocenters. The fourth-order valence-corrected chi connectivity index (χ4v) is 3.89. The molecule has 0 bridgehead atoms. The van der Waals surface area contributed by atoms with E-state index in [9.17, 15) is 9.59 Å². The molecular formula is C23H25N3O4S2. The number of rotatable bonds is 9. The molecule has 0 atom stereocenters. The summed E-state index contributed by atoms with van der Waals surface area (Å²) in [5.74, 6) is 0.0344. The van der Waals surface area contributed by atoms with Crippen LogP contribution in [0.5, 0.6) is 5.75 Å². The van der Waals surface area contributed by atoms with Crippen LogP contribution in [0.15, 0.2) is 42.5 Å². The lowest BCUT2D eigenvalue weighted by Crippen LogP contribution is -2.34. The predicted octanol–water partition coefficient (Wildman–Crippen LogP) is 5.17. The lowest BCUT2D eigenvalue weighted by molar-refractivity contribution is 0.0500. The predicted molar refractivity (Wildman–Crippen MR) is 131 cm³/mol. The number of benzene rings is 2. The number of thiocarbonyl (C=S) groups is 1. The van der Waals surface area contributed by atoms with E-state index in [4.69, 9.17) is 21.7 Å². The Morgan fingerprint density at radius 1 is 1.03 bits per heavy atom. The third kappa shape index (κ3) is 6.48. The fourth-order valence-electron chi connectivity index (χ4n) is 2.72. The molecule has 0 fully saturated rings. The number of hydrogen-bond acceptors (Lipinski definition) is 7. The highest BCUT2D eigenvalue weighted by molar-refractivity contribution is 7.80. The van der Waals surface area contributed by atoms with Gasteiger partial charge in [0.05, 0.1) is 29.0 Å². The summed E-state index contributed by atoms with van der Waals surface area (Å²) in [4.78, 5) is 29.0. The summed E-state index contributed by atoms with van der Waals surface area (Å²) in [6, 6.07) is 12.1. The number of carbonyl (C=O) groups is 2. The fraction of sp³-hybridized carbons (Fsp3) is 0.304. The molecule has 3 aromatic rings. The zero-order valence-corrected chi connectivity index (χ0v) is 19.6. The van der Waals surface area contributed by atoms with Crippen LogP contribution in [0.3, 0.4) is 0 Å². The van der Waals surface area contributed by atoms with Crippen molar-refractivity contribution in [3.8, 4) is 5.75 Å². The summed E-state index contributed by atoms with van der Waals surface area (Å²) in [5.41, 5.74) is 1.67. The average Bonchev–Trinajstić information content (AvgIpc) is 3.19. The molecule has 0 radical (unpaired) electrons. The SMILES string of the molecule is CCCCOC(=O)c1ccc2nc(NC(=S)NC(=O)c3ccc(OCCC)cc3)sc2c1. The molecule has 7 nitrogen and oxygen atoms in total. The van der Waals surface area contributed by atoms with Crippen molar-refractivity contribution in [2.75, 3.05) is 18.5 Å². The van der Waals surface area contributed by atoms with E-state index in [1.807, 2.05) is 13.8 Å². The number of aromatic nitrogens is 1. The normalized spacial score (nSPS) is 10.6. The summed E-state index contributed by atoms with van der Waals surface area (Å²) in [6.07, 6.45) is 2.71. The summed E-state index contributed by atoms with van der Waals surface area (Å²) >= 11 is 6.58. The lowest BCUT2D eigenvalue weighted by Gasteiger charge is -2.08. The minimum Gasteiger partial charge on any atom is -0.494 e. The van der Waals surface area contributed by atoms with E-state index in [-0.39, 0.29) is 17.0 Å². The maximum atomic E-state index is 12.4. The molecule has 0 aliphatic heterocycles. The van der Waals surface area contributed by atoms with Crippen molar-refractivity contribution in [3.05, 3.63) is 53.6 Å². The van der Waals surface area contributed by atoms with Crippen LogP contribution in [0.25, 0.3) is 10.2 Å². The molecule has 0 aliphatic rings. The number of thiazole rings is 1. The number of carbonyl (C=O) groups excluding carboxylic acids is 2. The topological polar surface area (TPSA) is 89.5 Å². The number of hydrogen-bond donors (Lipinski definition) is 2. The first-order chi connectivity index (χ1) is 15.5. The van der Waals surface area contributed by atoms with Crippen molar-refractivity contribution < 1.29 is 19.1 Å². The van der Waals surface area contributed by atoms with E-state index in [1.165, 1.54) is 11.3 Å². The second-order valence-corrected chi connectivity index (χ2v) is 8.41. The number of unbranched alkanes of at least 4 members (excludes halogenated alkanes) is 1. The number of amides is 1. The number of fused-ring (bicyclic) bond motifs is 1. The van der Waals surface area contributed by atoms with Crippen molar-refractivity contribution in [2.24, 2.45) is 0 Å². The van der Waals surface area contributed by atoms with Gasteiger partial charge in [0.25, 0.3) is 5.91 Å². The van der Waals surface area contributed by atoms with Gasteiger partial charge >= 0.3 is 5.97 Å². The van der Waals surface area contributed by atoms with Gasteiger partial charge in [-0.05, 0) is 67.5 Å². The first kappa shape index (κ1) is 23.6. The van der Waals surface area contributed by atoms with Crippen molar-refractivity contribution in [3.63, 3.8) is 0 Å². The number of nitrogens with one attached hydrogen (secondary N) is 2. The van der Waals surface area contributed by atoms with Crippen LogP contribution >= 0.6 is 23.6 Å². The number of nitrogens with zero attached hydrogens (tertiary/aromatic N) is 1. The third-order valence-electron chi connectivity index (χ3n) is 4.39. The van der Waals surface area contributed by atoms with Crippen LogP contribution in [0.4, 0.5) is 5.13 Å². The second-order valence-electron chi connectivity index (χ2n) is 6.97. The van der Waals surface area contributed by atoms with Gasteiger partial charge in [-0.1, -0.05) is 31.6 Å². The molecule has 0 saturated carbocycles. The highest BCUT2D eigenvalue weighted by Crippen LogP contribution is 2.27. The Balaban J connectivity index is 1.58. The van der Waals surface area contributed by atoms with Gasteiger partial charge in [0.2, 0.25) is 0 Å². The van der Waals surface area contributed by atoms with Crippen LogP contribution in [-0.2, 0) is 4.74 Å². The molecule has 0 saturated heterocycles. The number of ether oxygens (including phenoxy) is 2. The molecule has 1 amide bonds. The van der Waals surface area contributed by atoms with Crippen molar-refractivity contribution >= 4 is 55.9 Å². The Kier molecular flexibility index (Phi) is 8.52. The number of anilines is 1. The van der Waals surface area contributed by atoms with Crippen LogP contribution < -0.4 is 15.4 Å². The Bertz CT molecular complexity index is 1100. The van der Waals surface area contributed by atoms with E-state index in [0.29, 0.717) is 35.2 Å². The Morgan fingerprint density at radius 2 is 1.78 bits per heavy atom. The standard InChI is InChI=1S/C23H25N3O4S2/c1-3-5-13-30-21(28)16-8-11-18-19(14-16)32-23(24-18)26-22(31)25-20(27)15-6-9-17(10-7-15)29-12-4-2/h6-11,14H,3-5,12-13H2,1-2H3,(H2,24,25,26,27,31). The van der Waals surface area contributed by atoms with Crippen LogP contribution in [0.2, 0.25) is 0 Å². The Labute approximate surface area is 196 Å². The highest BCUT2D eigenvalue weighted by atomic mass is 32.1. The molecule has 1 aromatic heterocycles. The minimum absolute atomic E-state index is 0.138. The Morgan fingerprint density at radius 3 is 2.50 bits per heavy atom. The van der Waals surface area contributed by atoms with Gasteiger partial charge in [0.1, 0.15) is 5.75 Å². The van der Waals surface area contributed by atoms with E-state index in [1.54, 1.807) is 42.5 Å². The third-order valence-corrected chi connectivity index (χ3v) is 5.53. The highest BCUT2D eigenvalue weighted by Gasteiger charge is 2.13. The van der Waals surface area contributed by atoms with Crippen LogP contribution in [0, 0.1) is 0 Å². The maximum Gasteiger partial charge on any atom is 0.338 e. The first-order valence-electron chi connectivity index (χ1n) is 10.4. The van der Waals surface area contributed by atoms with Gasteiger partial charge in [-0.15, -0.1) is 0 Å². The molecule has 1 heterocycles. The molecule has 168 valence electrons. The Hall–Kier alpha value is -3.04. The minimum atomic E-state index is -0.350. The van der Waals surface area contributed by atoms with Crippen LogP contribution in [0.1, 0.15) is 53.8 Å². The maximum absolute atomic E-state index is 12.4.